The van der Waals surface area contributed by atoms with E-state index in [0.29, 0.717) is 5.69 Å². The molecule has 80 valence electrons. The number of aryl methyl sites for hydroxylation is 2. The summed E-state index contributed by atoms with van der Waals surface area (Å²) in [5, 5.41) is 8.89. The molecule has 0 spiro atoms. The average molecular weight is 210 g/mol. The maximum absolute atomic E-state index is 8.89. The van der Waals surface area contributed by atoms with E-state index in [4.69, 9.17) is 5.26 Å². The number of rotatable bonds is 2. The van der Waals surface area contributed by atoms with Crippen LogP contribution in [0.2, 0.25) is 0 Å². The van der Waals surface area contributed by atoms with Crippen LogP contribution in [0.15, 0.2) is 36.5 Å². The second-order valence-corrected chi connectivity index (χ2v) is 3.89. The van der Waals surface area contributed by atoms with Crippen LogP contribution in [-0.2, 0) is 13.5 Å². The molecular weight excluding hydrogens is 196 g/mol. The van der Waals surface area contributed by atoms with Gasteiger partial charge in [-0.1, -0.05) is 31.2 Å². The van der Waals surface area contributed by atoms with E-state index >= 15 is 0 Å². The standard InChI is InChI=1S/C14H14N2/c1-3-11-4-6-12(7-5-11)13-8-14(9-15)16(2)10-13/h4-8,10H,3H2,1-2H3. The van der Waals surface area contributed by atoms with Crippen LogP contribution in [-0.4, -0.2) is 4.57 Å². The van der Waals surface area contributed by atoms with Crippen molar-refractivity contribution in [2.24, 2.45) is 7.05 Å². The van der Waals surface area contributed by atoms with Crippen molar-refractivity contribution in [3.63, 3.8) is 0 Å². The third-order valence-electron chi connectivity index (χ3n) is 2.82. The van der Waals surface area contributed by atoms with E-state index in [2.05, 4.69) is 37.3 Å². The number of hydrogen-bond acceptors (Lipinski definition) is 1. The fourth-order valence-electron chi connectivity index (χ4n) is 1.77. The molecule has 0 saturated heterocycles. The van der Waals surface area contributed by atoms with Gasteiger partial charge in [0.05, 0.1) is 0 Å². The maximum atomic E-state index is 8.89. The molecule has 1 aromatic heterocycles. The SMILES string of the molecule is CCc1ccc(-c2cc(C#N)n(C)c2)cc1. The molecule has 1 heterocycles. The molecule has 2 nitrogen and oxygen atoms in total. The highest BCUT2D eigenvalue weighted by Gasteiger charge is 2.04. The minimum atomic E-state index is 0.689. The summed E-state index contributed by atoms with van der Waals surface area (Å²) >= 11 is 0. The molecule has 0 atom stereocenters. The molecule has 2 aromatic rings. The van der Waals surface area contributed by atoms with E-state index in [0.717, 1.165) is 17.5 Å². The lowest BCUT2D eigenvalue weighted by atomic mass is 10.1. The van der Waals surface area contributed by atoms with Crippen LogP contribution in [0.3, 0.4) is 0 Å². The van der Waals surface area contributed by atoms with Gasteiger partial charge in [-0.3, -0.25) is 0 Å². The number of nitriles is 1. The normalized spacial score (nSPS) is 10.1. The average Bonchev–Trinajstić information content (AvgIpc) is 2.71. The minimum Gasteiger partial charge on any atom is -0.342 e. The largest absolute Gasteiger partial charge is 0.342 e. The Balaban J connectivity index is 2.39. The first kappa shape index (κ1) is 10.5. The van der Waals surface area contributed by atoms with Crippen LogP contribution in [0.5, 0.6) is 0 Å². The molecule has 0 aliphatic rings. The number of nitrogens with zero attached hydrogens (tertiary/aromatic N) is 2. The molecule has 1 aromatic carbocycles. The molecule has 16 heavy (non-hydrogen) atoms. The van der Waals surface area contributed by atoms with Crippen molar-refractivity contribution >= 4 is 0 Å². The minimum absolute atomic E-state index is 0.689. The van der Waals surface area contributed by atoms with Crippen LogP contribution in [0.4, 0.5) is 0 Å². The van der Waals surface area contributed by atoms with Crippen LogP contribution >= 0.6 is 0 Å². The molecule has 0 N–H and O–H groups in total. The third-order valence-corrected chi connectivity index (χ3v) is 2.82. The summed E-state index contributed by atoms with van der Waals surface area (Å²) in [6.07, 6.45) is 3.04. The fraction of sp³-hybridized carbons (Fsp3) is 0.214. The Kier molecular flexibility index (Phi) is 2.78. The lowest BCUT2D eigenvalue weighted by Crippen LogP contribution is -1.86. The summed E-state index contributed by atoms with van der Waals surface area (Å²) < 4.78 is 1.85. The zero-order valence-corrected chi connectivity index (χ0v) is 9.57. The number of aromatic nitrogens is 1. The Morgan fingerprint density at radius 2 is 1.88 bits per heavy atom. The Morgan fingerprint density at radius 1 is 1.19 bits per heavy atom. The smallest absolute Gasteiger partial charge is 0.120 e. The first-order valence-electron chi connectivity index (χ1n) is 5.40. The van der Waals surface area contributed by atoms with Gasteiger partial charge >= 0.3 is 0 Å². The molecule has 2 rings (SSSR count). The predicted molar refractivity (Wildman–Crippen MR) is 64.9 cm³/mol. The molecule has 0 fully saturated rings. The molecular formula is C14H14N2. The highest BCUT2D eigenvalue weighted by Crippen LogP contribution is 2.22. The highest BCUT2D eigenvalue weighted by atomic mass is 14.9. The van der Waals surface area contributed by atoms with Gasteiger partial charge in [-0.25, -0.2) is 0 Å². The summed E-state index contributed by atoms with van der Waals surface area (Å²) in [4.78, 5) is 0. The van der Waals surface area contributed by atoms with Crippen LogP contribution in [0.1, 0.15) is 18.2 Å². The van der Waals surface area contributed by atoms with Crippen molar-refractivity contribution in [1.82, 2.24) is 4.57 Å². The van der Waals surface area contributed by atoms with Gasteiger partial charge in [0.25, 0.3) is 0 Å². The van der Waals surface area contributed by atoms with Gasteiger partial charge in [0.2, 0.25) is 0 Å². The fourth-order valence-corrected chi connectivity index (χ4v) is 1.77. The monoisotopic (exact) mass is 210 g/mol. The van der Waals surface area contributed by atoms with Gasteiger partial charge in [-0.15, -0.1) is 0 Å². The van der Waals surface area contributed by atoms with E-state index in [1.54, 1.807) is 0 Å². The van der Waals surface area contributed by atoms with Crippen molar-refractivity contribution < 1.29 is 0 Å². The highest BCUT2D eigenvalue weighted by molar-refractivity contribution is 5.65. The van der Waals surface area contributed by atoms with Crippen molar-refractivity contribution in [3.05, 3.63) is 47.8 Å². The first-order chi connectivity index (χ1) is 7.74. The molecule has 0 aliphatic carbocycles. The molecule has 0 bridgehead atoms. The van der Waals surface area contributed by atoms with Gasteiger partial charge in [0.15, 0.2) is 0 Å². The lowest BCUT2D eigenvalue weighted by Gasteiger charge is -1.99. The number of hydrogen-bond donors (Lipinski definition) is 0. The Bertz CT molecular complexity index is 527. The Labute approximate surface area is 95.8 Å². The Morgan fingerprint density at radius 3 is 2.38 bits per heavy atom. The van der Waals surface area contributed by atoms with E-state index in [-0.39, 0.29) is 0 Å². The second-order valence-electron chi connectivity index (χ2n) is 3.89. The van der Waals surface area contributed by atoms with Gasteiger partial charge in [0.1, 0.15) is 11.8 Å². The lowest BCUT2D eigenvalue weighted by molar-refractivity contribution is 0.909. The second kappa shape index (κ2) is 4.24. The summed E-state index contributed by atoms with van der Waals surface area (Å²) in [5.41, 5.74) is 4.28. The maximum Gasteiger partial charge on any atom is 0.120 e. The van der Waals surface area contributed by atoms with E-state index in [1.807, 2.05) is 23.9 Å². The summed E-state index contributed by atoms with van der Waals surface area (Å²) in [5.74, 6) is 0. The van der Waals surface area contributed by atoms with E-state index in [9.17, 15) is 0 Å². The molecule has 0 unspecified atom stereocenters. The molecule has 0 saturated carbocycles. The quantitative estimate of drug-likeness (QED) is 0.748. The molecule has 0 amide bonds. The Hall–Kier alpha value is -2.01. The van der Waals surface area contributed by atoms with Gasteiger partial charge in [0, 0.05) is 18.8 Å². The zero-order chi connectivity index (χ0) is 11.5. The van der Waals surface area contributed by atoms with Crippen molar-refractivity contribution in [3.8, 4) is 17.2 Å². The third kappa shape index (κ3) is 1.85. The summed E-state index contributed by atoms with van der Waals surface area (Å²) in [6.45, 7) is 2.14. The van der Waals surface area contributed by atoms with Crippen molar-refractivity contribution in [2.75, 3.05) is 0 Å². The topological polar surface area (TPSA) is 28.7 Å². The molecule has 2 heteroatoms. The predicted octanol–water partition coefficient (Wildman–Crippen LogP) is 3.13. The first-order valence-corrected chi connectivity index (χ1v) is 5.40. The number of benzene rings is 1. The van der Waals surface area contributed by atoms with Crippen LogP contribution < -0.4 is 0 Å². The zero-order valence-electron chi connectivity index (χ0n) is 9.57. The van der Waals surface area contributed by atoms with Gasteiger partial charge in [-0.05, 0) is 23.6 Å². The van der Waals surface area contributed by atoms with Crippen molar-refractivity contribution in [1.29, 1.82) is 5.26 Å². The van der Waals surface area contributed by atoms with Crippen LogP contribution in [0.25, 0.3) is 11.1 Å². The summed E-state index contributed by atoms with van der Waals surface area (Å²) in [7, 11) is 1.89. The van der Waals surface area contributed by atoms with Gasteiger partial charge in [-0.2, -0.15) is 5.26 Å². The molecule has 0 aliphatic heterocycles. The van der Waals surface area contributed by atoms with Crippen LogP contribution in [0, 0.1) is 11.3 Å². The van der Waals surface area contributed by atoms with Gasteiger partial charge < -0.3 is 4.57 Å². The summed E-state index contributed by atoms with van der Waals surface area (Å²) in [6, 6.07) is 12.6. The van der Waals surface area contributed by atoms with E-state index < -0.39 is 0 Å². The van der Waals surface area contributed by atoms with Crippen molar-refractivity contribution in [2.45, 2.75) is 13.3 Å². The van der Waals surface area contributed by atoms with E-state index in [1.165, 1.54) is 5.56 Å². The molecule has 0 radical (unpaired) electrons.